The van der Waals surface area contributed by atoms with Crippen LogP contribution < -0.4 is 0 Å². The van der Waals surface area contributed by atoms with Crippen molar-refractivity contribution in [1.29, 1.82) is 0 Å². The number of nitro groups is 1. The van der Waals surface area contributed by atoms with Crippen LogP contribution in [0.2, 0.25) is 0 Å². The maximum absolute atomic E-state index is 10.7. The van der Waals surface area contributed by atoms with Crippen LogP contribution in [0.15, 0.2) is 41.9 Å². The van der Waals surface area contributed by atoms with Crippen LogP contribution in [0.1, 0.15) is 6.92 Å². The molecule has 10 heteroatoms. The van der Waals surface area contributed by atoms with Gasteiger partial charge >= 0.3 is 5.69 Å². The average Bonchev–Trinajstić information content (AvgIpc) is 3.20. The van der Waals surface area contributed by atoms with Crippen molar-refractivity contribution in [2.24, 2.45) is 0 Å². The molecule has 0 saturated carbocycles. The Morgan fingerprint density at radius 1 is 1.35 bits per heavy atom. The van der Waals surface area contributed by atoms with Crippen LogP contribution in [-0.2, 0) is 12.4 Å². The predicted molar refractivity (Wildman–Crippen MR) is 83.7 cm³/mol. The standard InChI is InChI=1S/C13H13N7O2S/c1-2-19-12(11-5-3-4-6-14-11)16-17-13(19)23-9-18-8-10(7-15-18)20(21)22/h3-8H,2,9H2,1H3. The van der Waals surface area contributed by atoms with Gasteiger partial charge < -0.3 is 4.57 Å². The molecule has 0 atom stereocenters. The van der Waals surface area contributed by atoms with Crippen LogP contribution in [0, 0.1) is 10.1 Å². The first-order valence-electron chi connectivity index (χ1n) is 6.83. The van der Waals surface area contributed by atoms with E-state index in [0.717, 1.165) is 5.69 Å². The van der Waals surface area contributed by atoms with Crippen LogP contribution in [0.3, 0.4) is 0 Å². The third-order valence-corrected chi connectivity index (χ3v) is 4.04. The summed E-state index contributed by atoms with van der Waals surface area (Å²) in [5.41, 5.74) is 0.722. The van der Waals surface area contributed by atoms with E-state index in [-0.39, 0.29) is 5.69 Å². The second kappa shape index (κ2) is 6.57. The van der Waals surface area contributed by atoms with Gasteiger partial charge in [-0.2, -0.15) is 5.10 Å². The molecule has 0 aromatic carbocycles. The lowest BCUT2D eigenvalue weighted by molar-refractivity contribution is -0.385. The highest BCUT2D eigenvalue weighted by molar-refractivity contribution is 7.98. The molecule has 0 aliphatic carbocycles. The number of rotatable bonds is 6. The Labute approximate surface area is 135 Å². The maximum Gasteiger partial charge on any atom is 0.307 e. The van der Waals surface area contributed by atoms with Gasteiger partial charge in [0.2, 0.25) is 0 Å². The first-order valence-corrected chi connectivity index (χ1v) is 7.82. The van der Waals surface area contributed by atoms with Crippen molar-refractivity contribution in [3.8, 4) is 11.5 Å². The normalized spacial score (nSPS) is 10.8. The Morgan fingerprint density at radius 3 is 2.87 bits per heavy atom. The van der Waals surface area contributed by atoms with E-state index < -0.39 is 4.92 Å². The molecule has 0 aliphatic rings. The quantitative estimate of drug-likeness (QED) is 0.387. The second-order valence-electron chi connectivity index (χ2n) is 4.53. The van der Waals surface area contributed by atoms with E-state index in [9.17, 15) is 10.1 Å². The molecule has 3 heterocycles. The van der Waals surface area contributed by atoms with Gasteiger partial charge in [-0.05, 0) is 19.1 Å². The summed E-state index contributed by atoms with van der Waals surface area (Å²) in [6.45, 7) is 2.69. The minimum atomic E-state index is -0.470. The summed E-state index contributed by atoms with van der Waals surface area (Å²) in [5, 5.41) is 23.7. The van der Waals surface area contributed by atoms with Crippen LogP contribution in [0.4, 0.5) is 5.69 Å². The third-order valence-electron chi connectivity index (χ3n) is 3.08. The van der Waals surface area contributed by atoms with Gasteiger partial charge in [0.1, 0.15) is 18.1 Å². The zero-order chi connectivity index (χ0) is 16.2. The summed E-state index contributed by atoms with van der Waals surface area (Å²) < 4.78 is 3.45. The lowest BCUT2D eigenvalue weighted by Gasteiger charge is -2.06. The average molecular weight is 331 g/mol. The SMILES string of the molecule is CCn1c(SCn2cc([N+](=O)[O-])cn2)nnc1-c1ccccn1. The highest BCUT2D eigenvalue weighted by atomic mass is 32.2. The highest BCUT2D eigenvalue weighted by Gasteiger charge is 2.15. The summed E-state index contributed by atoms with van der Waals surface area (Å²) in [7, 11) is 0. The zero-order valence-electron chi connectivity index (χ0n) is 12.2. The van der Waals surface area contributed by atoms with E-state index in [0.29, 0.717) is 23.4 Å². The predicted octanol–water partition coefficient (Wildman–Crippen LogP) is 2.21. The van der Waals surface area contributed by atoms with Crippen molar-refractivity contribution >= 4 is 17.4 Å². The number of aromatic nitrogens is 6. The lowest BCUT2D eigenvalue weighted by atomic mass is 10.3. The molecule has 0 unspecified atom stereocenters. The van der Waals surface area contributed by atoms with Crippen molar-refractivity contribution in [2.45, 2.75) is 24.5 Å². The Morgan fingerprint density at radius 2 is 2.22 bits per heavy atom. The second-order valence-corrected chi connectivity index (χ2v) is 5.45. The van der Waals surface area contributed by atoms with E-state index in [1.54, 1.807) is 6.20 Å². The van der Waals surface area contributed by atoms with Crippen LogP contribution >= 0.6 is 11.8 Å². The van der Waals surface area contributed by atoms with Crippen LogP contribution in [0.5, 0.6) is 0 Å². The molecule has 0 saturated heterocycles. The van der Waals surface area contributed by atoms with E-state index in [4.69, 9.17) is 0 Å². The Kier molecular flexibility index (Phi) is 4.33. The minimum absolute atomic E-state index is 0.0308. The third kappa shape index (κ3) is 3.21. The Bertz CT molecular complexity index is 815. The number of hydrogen-bond acceptors (Lipinski definition) is 7. The Hall–Kier alpha value is -2.75. The molecule has 9 nitrogen and oxygen atoms in total. The Balaban J connectivity index is 1.78. The fraction of sp³-hybridized carbons (Fsp3) is 0.231. The molecule has 0 aliphatic heterocycles. The van der Waals surface area contributed by atoms with Gasteiger partial charge in [0.05, 0.1) is 10.8 Å². The zero-order valence-corrected chi connectivity index (χ0v) is 13.1. The summed E-state index contributed by atoms with van der Waals surface area (Å²) in [5.74, 6) is 1.11. The maximum atomic E-state index is 10.7. The molecule has 0 amide bonds. The van der Waals surface area contributed by atoms with Crippen molar-refractivity contribution in [2.75, 3.05) is 0 Å². The van der Waals surface area contributed by atoms with Gasteiger partial charge in [0.25, 0.3) is 0 Å². The van der Waals surface area contributed by atoms with Crippen molar-refractivity contribution in [3.63, 3.8) is 0 Å². The lowest BCUT2D eigenvalue weighted by Crippen LogP contribution is -2.02. The molecule has 0 fully saturated rings. The van der Waals surface area contributed by atoms with Gasteiger partial charge in [-0.15, -0.1) is 10.2 Å². The van der Waals surface area contributed by atoms with Crippen molar-refractivity contribution in [1.82, 2.24) is 29.5 Å². The van der Waals surface area contributed by atoms with Gasteiger partial charge in [-0.1, -0.05) is 17.8 Å². The molecular weight excluding hydrogens is 318 g/mol. The van der Waals surface area contributed by atoms with E-state index in [1.807, 2.05) is 29.7 Å². The molecule has 3 rings (SSSR count). The monoisotopic (exact) mass is 331 g/mol. The number of thioether (sulfide) groups is 1. The summed E-state index contributed by atoms with van der Waals surface area (Å²) >= 11 is 1.40. The van der Waals surface area contributed by atoms with Crippen molar-refractivity contribution < 1.29 is 4.92 Å². The molecule has 3 aromatic heterocycles. The number of nitrogens with zero attached hydrogens (tertiary/aromatic N) is 7. The van der Waals surface area contributed by atoms with Crippen LogP contribution in [0.25, 0.3) is 11.5 Å². The first-order chi connectivity index (χ1) is 11.2. The largest absolute Gasteiger partial charge is 0.307 e. The van der Waals surface area contributed by atoms with Crippen LogP contribution in [-0.4, -0.2) is 34.5 Å². The van der Waals surface area contributed by atoms with Gasteiger partial charge in [0.15, 0.2) is 11.0 Å². The summed E-state index contributed by atoms with van der Waals surface area (Å²) in [6.07, 6.45) is 4.32. The highest BCUT2D eigenvalue weighted by Crippen LogP contribution is 2.24. The van der Waals surface area contributed by atoms with Crippen molar-refractivity contribution in [3.05, 3.63) is 46.9 Å². The topological polar surface area (TPSA) is 105 Å². The number of pyridine rings is 1. The molecule has 0 N–H and O–H groups in total. The van der Waals surface area contributed by atoms with E-state index >= 15 is 0 Å². The molecule has 23 heavy (non-hydrogen) atoms. The van der Waals surface area contributed by atoms with E-state index in [2.05, 4.69) is 20.3 Å². The summed E-state index contributed by atoms with van der Waals surface area (Å²) in [6, 6.07) is 5.62. The fourth-order valence-corrected chi connectivity index (χ4v) is 2.87. The molecule has 0 spiro atoms. The molecule has 3 aromatic rings. The molecule has 118 valence electrons. The minimum Gasteiger partial charge on any atom is -0.301 e. The smallest absolute Gasteiger partial charge is 0.301 e. The molecule has 0 bridgehead atoms. The molecule has 0 radical (unpaired) electrons. The fourth-order valence-electron chi connectivity index (χ4n) is 2.01. The van der Waals surface area contributed by atoms with Gasteiger partial charge in [-0.3, -0.25) is 19.8 Å². The first kappa shape index (κ1) is 15.2. The number of hydrogen-bond donors (Lipinski definition) is 0. The molecular formula is C13H13N7O2S. The van der Waals surface area contributed by atoms with Gasteiger partial charge in [-0.25, -0.2) is 0 Å². The summed E-state index contributed by atoms with van der Waals surface area (Å²) in [4.78, 5) is 14.5. The van der Waals surface area contributed by atoms with E-state index in [1.165, 1.54) is 28.8 Å². The van der Waals surface area contributed by atoms with Gasteiger partial charge in [0, 0.05) is 12.7 Å².